The van der Waals surface area contributed by atoms with E-state index in [1.54, 1.807) is 6.08 Å². The van der Waals surface area contributed by atoms with Gasteiger partial charge in [0.1, 0.15) is 14.0 Å². The lowest BCUT2D eigenvalue weighted by molar-refractivity contribution is 0.0340. The molecule has 0 saturated carbocycles. The molecule has 0 amide bonds. The summed E-state index contributed by atoms with van der Waals surface area (Å²) >= 11 is 0. The van der Waals surface area contributed by atoms with Crippen LogP contribution in [0.2, 0.25) is 0 Å². The van der Waals surface area contributed by atoms with Crippen molar-refractivity contribution in [1.29, 1.82) is 0 Å². The average molecular weight is 268 g/mol. The number of hydrogen-bond acceptors (Lipinski definition) is 4. The quantitative estimate of drug-likeness (QED) is 0.583. The second-order valence-corrected chi connectivity index (χ2v) is 4.13. The normalized spacial score (nSPS) is 32.0. The zero-order valence-electron chi connectivity index (χ0n) is 12.2. The fraction of sp³-hybridized carbons (Fsp3) is 0.714. The Morgan fingerprint density at radius 3 is 2.00 bits per heavy atom. The molecule has 4 atom stereocenters. The van der Waals surface area contributed by atoms with Gasteiger partial charge in [0.2, 0.25) is 0 Å². The van der Waals surface area contributed by atoms with Crippen LogP contribution in [0.5, 0.6) is 0 Å². The summed E-state index contributed by atoms with van der Waals surface area (Å²) in [4.78, 5) is 0. The van der Waals surface area contributed by atoms with E-state index < -0.39 is 0 Å². The molecule has 5 heteroatoms. The Morgan fingerprint density at radius 2 is 1.79 bits per heavy atom. The van der Waals surface area contributed by atoms with Crippen molar-refractivity contribution in [3.63, 3.8) is 0 Å². The van der Waals surface area contributed by atoms with Crippen LogP contribution in [0, 0.1) is 0 Å². The van der Waals surface area contributed by atoms with Crippen LogP contribution >= 0.6 is 0 Å². The minimum Gasteiger partial charge on any atom is -0.393 e. The van der Waals surface area contributed by atoms with Gasteiger partial charge < -0.3 is 19.7 Å². The van der Waals surface area contributed by atoms with Crippen molar-refractivity contribution in [2.45, 2.75) is 52.0 Å². The van der Waals surface area contributed by atoms with E-state index >= 15 is 0 Å². The molecule has 4 nitrogen and oxygen atoms in total. The Hall–Kier alpha value is -0.615. The van der Waals surface area contributed by atoms with Crippen LogP contribution in [0.4, 0.5) is 0 Å². The minimum atomic E-state index is -0.317. The van der Waals surface area contributed by atoms with Crippen LogP contribution in [-0.2, 0) is 9.47 Å². The molecule has 0 aliphatic carbocycles. The zero-order valence-corrected chi connectivity index (χ0v) is 12.2. The minimum absolute atomic E-state index is 0.0238. The highest BCUT2D eigenvalue weighted by molar-refractivity contribution is 6.12. The van der Waals surface area contributed by atoms with E-state index in [-0.39, 0.29) is 37.5 Å². The van der Waals surface area contributed by atoms with E-state index in [1.165, 1.54) is 0 Å². The molecule has 0 unspecified atom stereocenters. The number of ether oxygens (including phenoxy) is 2. The maximum absolute atomic E-state index is 8.63. The van der Waals surface area contributed by atoms with Crippen molar-refractivity contribution in [3.8, 4) is 0 Å². The molecule has 0 fully saturated rings. The van der Waals surface area contributed by atoms with Crippen molar-refractivity contribution in [2.24, 2.45) is 0 Å². The second kappa shape index (κ2) is 10.2. The van der Waals surface area contributed by atoms with Crippen molar-refractivity contribution < 1.29 is 19.7 Å². The van der Waals surface area contributed by atoms with Crippen molar-refractivity contribution in [2.75, 3.05) is 13.2 Å². The second-order valence-electron chi connectivity index (χ2n) is 4.13. The Labute approximate surface area is 117 Å². The van der Waals surface area contributed by atoms with Gasteiger partial charge in [-0.2, -0.15) is 0 Å². The van der Waals surface area contributed by atoms with Crippen molar-refractivity contribution >= 4 is 7.85 Å². The van der Waals surface area contributed by atoms with Crippen LogP contribution in [0.3, 0.4) is 0 Å². The monoisotopic (exact) mass is 268 g/mol. The third-order valence-corrected chi connectivity index (χ3v) is 2.59. The Morgan fingerprint density at radius 1 is 1.16 bits per heavy atom. The van der Waals surface area contributed by atoms with E-state index in [0.717, 1.165) is 5.57 Å². The SMILES string of the molecule is CC.C[C@H]1C=C[C@@H](CO)O1.[B][C@H]1C=C(C)[C@@H](CO)O1. The van der Waals surface area contributed by atoms with Gasteiger partial charge in [0.25, 0.3) is 0 Å². The summed E-state index contributed by atoms with van der Waals surface area (Å²) < 4.78 is 10.2. The summed E-state index contributed by atoms with van der Waals surface area (Å²) in [5.41, 5.74) is 1.02. The van der Waals surface area contributed by atoms with Crippen LogP contribution in [-0.4, -0.2) is 55.6 Å². The Kier molecular flexibility index (Phi) is 9.88. The molecule has 108 valence electrons. The zero-order chi connectivity index (χ0) is 14.8. The molecule has 2 rings (SSSR count). The lowest BCUT2D eigenvalue weighted by Gasteiger charge is -2.09. The lowest BCUT2D eigenvalue weighted by Crippen LogP contribution is -2.17. The first kappa shape index (κ1) is 18.4. The fourth-order valence-corrected chi connectivity index (χ4v) is 1.64. The molecule has 0 bridgehead atoms. The first-order chi connectivity index (χ1) is 9.06. The molecule has 2 heterocycles. The summed E-state index contributed by atoms with van der Waals surface area (Å²) in [7, 11) is 5.38. The van der Waals surface area contributed by atoms with Crippen LogP contribution in [0.1, 0.15) is 27.7 Å². The van der Waals surface area contributed by atoms with Gasteiger partial charge in [0.05, 0.1) is 25.4 Å². The lowest BCUT2D eigenvalue weighted by atomic mass is 10.00. The maximum atomic E-state index is 8.63. The summed E-state index contributed by atoms with van der Waals surface area (Å²) in [5.74, 6) is 0. The molecule has 0 aromatic heterocycles. The molecule has 2 radical (unpaired) electrons. The van der Waals surface area contributed by atoms with E-state index in [0.29, 0.717) is 0 Å². The van der Waals surface area contributed by atoms with E-state index in [1.807, 2.05) is 39.8 Å². The third-order valence-electron chi connectivity index (χ3n) is 2.59. The van der Waals surface area contributed by atoms with Crippen LogP contribution in [0.25, 0.3) is 0 Å². The molecule has 0 spiro atoms. The van der Waals surface area contributed by atoms with E-state index in [2.05, 4.69) is 0 Å². The van der Waals surface area contributed by atoms with Crippen molar-refractivity contribution in [1.82, 2.24) is 0 Å². The first-order valence-corrected chi connectivity index (χ1v) is 6.71. The van der Waals surface area contributed by atoms with Gasteiger partial charge in [-0.3, -0.25) is 0 Å². The summed E-state index contributed by atoms with van der Waals surface area (Å²) in [6.45, 7) is 7.97. The van der Waals surface area contributed by atoms with Gasteiger partial charge in [-0.15, -0.1) is 0 Å². The average Bonchev–Trinajstić information content (AvgIpc) is 2.98. The molecule has 0 aromatic carbocycles. The maximum Gasteiger partial charge on any atom is 0.114 e. The number of hydrogen-bond donors (Lipinski definition) is 2. The fourth-order valence-electron chi connectivity index (χ4n) is 1.64. The highest BCUT2D eigenvalue weighted by Crippen LogP contribution is 2.16. The summed E-state index contributed by atoms with van der Waals surface area (Å²) in [6.07, 6.45) is 5.60. The predicted octanol–water partition coefficient (Wildman–Crippen LogP) is 1.17. The number of rotatable bonds is 2. The smallest absolute Gasteiger partial charge is 0.114 e. The highest BCUT2D eigenvalue weighted by Gasteiger charge is 2.19. The number of aliphatic hydroxyl groups is 2. The molecule has 2 aliphatic heterocycles. The van der Waals surface area contributed by atoms with Gasteiger partial charge >= 0.3 is 0 Å². The standard InChI is InChI=1S/C6H9BO2.C6H10O2.C2H6/c1-4-2-6(7)9-5(4)3-8;1-5-2-3-6(4-7)8-5;1-2/h2,5-6,8H,3H2,1H3;2-3,5-7H,4H2,1H3;1-2H3/t2*5-,6-;/m10./s1. The molecule has 0 saturated heterocycles. The summed E-state index contributed by atoms with van der Waals surface area (Å²) in [5, 5.41) is 17.1. The Balaban J connectivity index is 0.000000303. The van der Waals surface area contributed by atoms with Crippen LogP contribution in [0.15, 0.2) is 23.8 Å². The Bertz CT molecular complexity index is 291. The number of aliphatic hydroxyl groups excluding tert-OH is 2. The molecule has 19 heavy (non-hydrogen) atoms. The van der Waals surface area contributed by atoms with Gasteiger partial charge in [0.15, 0.2) is 0 Å². The first-order valence-electron chi connectivity index (χ1n) is 6.71. The summed E-state index contributed by atoms with van der Waals surface area (Å²) in [6, 6.07) is -0.317. The van der Waals surface area contributed by atoms with E-state index in [9.17, 15) is 0 Å². The van der Waals surface area contributed by atoms with Crippen molar-refractivity contribution in [3.05, 3.63) is 23.8 Å². The third kappa shape index (κ3) is 6.92. The molecular weight excluding hydrogens is 243 g/mol. The van der Waals surface area contributed by atoms with E-state index in [4.69, 9.17) is 27.5 Å². The molecular formula is C14H25BO4. The predicted molar refractivity (Wildman–Crippen MR) is 77.2 cm³/mol. The molecule has 0 aromatic rings. The van der Waals surface area contributed by atoms with Gasteiger partial charge in [-0.1, -0.05) is 32.1 Å². The molecule has 2 aliphatic rings. The largest absolute Gasteiger partial charge is 0.393 e. The van der Waals surface area contributed by atoms with Crippen LogP contribution < -0.4 is 0 Å². The topological polar surface area (TPSA) is 58.9 Å². The van der Waals surface area contributed by atoms with Gasteiger partial charge in [0, 0.05) is 6.00 Å². The van der Waals surface area contributed by atoms with Gasteiger partial charge in [-0.25, -0.2) is 0 Å². The molecule has 2 N–H and O–H groups in total. The van der Waals surface area contributed by atoms with Gasteiger partial charge in [-0.05, 0) is 19.4 Å². The highest BCUT2D eigenvalue weighted by atomic mass is 16.5.